The van der Waals surface area contributed by atoms with Crippen molar-refractivity contribution in [1.82, 2.24) is 9.97 Å². The highest BCUT2D eigenvalue weighted by Gasteiger charge is 2.08. The van der Waals surface area contributed by atoms with Crippen LogP contribution in [0, 0.1) is 0 Å². The highest BCUT2D eigenvalue weighted by molar-refractivity contribution is 5.87. The van der Waals surface area contributed by atoms with Crippen molar-refractivity contribution >= 4 is 23.1 Å². The summed E-state index contributed by atoms with van der Waals surface area (Å²) < 4.78 is 15.7. The van der Waals surface area contributed by atoms with E-state index in [1.165, 1.54) is 13.2 Å². The van der Waals surface area contributed by atoms with Crippen LogP contribution in [0.25, 0.3) is 17.1 Å². The Hall–Kier alpha value is -3.41. The number of nitrogens with zero attached hydrogens (tertiary/aromatic N) is 2. The number of ether oxygens (including phenoxy) is 3. The predicted molar refractivity (Wildman–Crippen MR) is 93.7 cm³/mol. The second kappa shape index (κ2) is 7.44. The van der Waals surface area contributed by atoms with Gasteiger partial charge in [-0.1, -0.05) is 18.2 Å². The number of methoxy groups -OCH3 is 2. The zero-order valence-electron chi connectivity index (χ0n) is 13.8. The van der Waals surface area contributed by atoms with Gasteiger partial charge in [-0.15, -0.1) is 0 Å². The van der Waals surface area contributed by atoms with Crippen LogP contribution in [0.2, 0.25) is 0 Å². The quantitative estimate of drug-likeness (QED) is 0.523. The fourth-order valence-electron chi connectivity index (χ4n) is 2.21. The third-order valence-electron chi connectivity index (χ3n) is 3.44. The first kappa shape index (κ1) is 16.4. The number of fused-ring (bicyclic) bond motifs is 1. The molecule has 6 nitrogen and oxygen atoms in total. The Labute approximate surface area is 144 Å². The van der Waals surface area contributed by atoms with Crippen molar-refractivity contribution in [3.63, 3.8) is 0 Å². The predicted octanol–water partition coefficient (Wildman–Crippen LogP) is 3.62. The minimum Gasteiger partial charge on any atom is -0.493 e. The van der Waals surface area contributed by atoms with Crippen LogP contribution < -0.4 is 9.47 Å². The van der Waals surface area contributed by atoms with Gasteiger partial charge in [0, 0.05) is 6.08 Å². The number of esters is 1. The molecular weight excluding hydrogens is 320 g/mol. The van der Waals surface area contributed by atoms with E-state index in [-0.39, 0.29) is 0 Å². The van der Waals surface area contributed by atoms with Crippen molar-refractivity contribution in [1.29, 1.82) is 0 Å². The van der Waals surface area contributed by atoms with Crippen molar-refractivity contribution in [2.24, 2.45) is 0 Å². The molecule has 2 aromatic carbocycles. The zero-order chi connectivity index (χ0) is 17.6. The lowest BCUT2D eigenvalue weighted by molar-refractivity contribution is -0.134. The Bertz CT molecular complexity index is 938. The largest absolute Gasteiger partial charge is 0.493 e. The lowest BCUT2D eigenvalue weighted by Gasteiger charge is -2.10. The SMILES string of the molecule is COC(=O)/C=C/c1ccc(Oc2cnc3ccccc3n2)c(OC)c1. The van der Waals surface area contributed by atoms with Gasteiger partial charge < -0.3 is 14.2 Å². The molecule has 1 aromatic heterocycles. The molecule has 3 rings (SSSR count). The molecule has 126 valence electrons. The van der Waals surface area contributed by atoms with Crippen LogP contribution in [0.4, 0.5) is 0 Å². The molecule has 0 aliphatic heterocycles. The number of carbonyl (C=O) groups is 1. The number of benzene rings is 2. The van der Waals surface area contributed by atoms with Gasteiger partial charge in [0.05, 0.1) is 31.4 Å². The van der Waals surface area contributed by atoms with Crippen LogP contribution >= 0.6 is 0 Å². The maximum atomic E-state index is 11.2. The van der Waals surface area contributed by atoms with Gasteiger partial charge in [-0.25, -0.2) is 14.8 Å². The smallest absolute Gasteiger partial charge is 0.330 e. The third-order valence-corrected chi connectivity index (χ3v) is 3.44. The molecule has 0 aliphatic carbocycles. The first-order chi connectivity index (χ1) is 12.2. The molecule has 3 aromatic rings. The van der Waals surface area contributed by atoms with Crippen LogP contribution in [0.1, 0.15) is 5.56 Å². The van der Waals surface area contributed by atoms with Crippen molar-refractivity contribution < 1.29 is 19.0 Å². The Morgan fingerprint density at radius 3 is 2.60 bits per heavy atom. The molecule has 0 saturated heterocycles. The van der Waals surface area contributed by atoms with Crippen molar-refractivity contribution in [2.45, 2.75) is 0 Å². The fourth-order valence-corrected chi connectivity index (χ4v) is 2.21. The fraction of sp³-hybridized carbons (Fsp3) is 0.105. The number of aromatic nitrogens is 2. The molecule has 0 radical (unpaired) electrons. The normalized spacial score (nSPS) is 10.8. The molecule has 0 atom stereocenters. The van der Waals surface area contributed by atoms with Crippen LogP contribution in [-0.2, 0) is 9.53 Å². The van der Waals surface area contributed by atoms with Crippen LogP contribution in [0.3, 0.4) is 0 Å². The summed E-state index contributed by atoms with van der Waals surface area (Å²) in [5, 5.41) is 0. The van der Waals surface area contributed by atoms with E-state index in [0.717, 1.165) is 16.6 Å². The van der Waals surface area contributed by atoms with Gasteiger partial charge in [0.1, 0.15) is 0 Å². The minimum atomic E-state index is -0.425. The van der Waals surface area contributed by atoms with Gasteiger partial charge in [-0.3, -0.25) is 0 Å². The first-order valence-corrected chi connectivity index (χ1v) is 7.53. The van der Waals surface area contributed by atoms with Crippen molar-refractivity contribution in [2.75, 3.05) is 14.2 Å². The highest BCUT2D eigenvalue weighted by atomic mass is 16.5. The molecule has 6 heteroatoms. The maximum absolute atomic E-state index is 11.2. The number of rotatable bonds is 5. The second-order valence-corrected chi connectivity index (χ2v) is 5.07. The van der Waals surface area contributed by atoms with Gasteiger partial charge >= 0.3 is 5.97 Å². The molecule has 25 heavy (non-hydrogen) atoms. The molecule has 0 saturated carbocycles. The van der Waals surface area contributed by atoms with E-state index in [4.69, 9.17) is 9.47 Å². The average molecular weight is 336 g/mol. The lowest BCUT2D eigenvalue weighted by Crippen LogP contribution is -1.95. The molecule has 0 N–H and O–H groups in total. The lowest BCUT2D eigenvalue weighted by atomic mass is 10.2. The van der Waals surface area contributed by atoms with E-state index in [1.54, 1.807) is 37.6 Å². The Kier molecular flexibility index (Phi) is 4.89. The van der Waals surface area contributed by atoms with Crippen LogP contribution in [0.15, 0.2) is 54.7 Å². The molecule has 0 bridgehead atoms. The Morgan fingerprint density at radius 2 is 1.84 bits per heavy atom. The standard InChI is InChI=1S/C19H16N2O4/c1-23-17-11-13(8-10-19(22)24-2)7-9-16(17)25-18-12-20-14-5-3-4-6-15(14)21-18/h3-12H,1-2H3/b10-8+. The monoisotopic (exact) mass is 336 g/mol. The summed E-state index contributed by atoms with van der Waals surface area (Å²) in [6, 6.07) is 12.8. The summed E-state index contributed by atoms with van der Waals surface area (Å²) >= 11 is 0. The van der Waals surface area contributed by atoms with Gasteiger partial charge in [0.15, 0.2) is 11.5 Å². The van der Waals surface area contributed by atoms with Gasteiger partial charge in [0.25, 0.3) is 0 Å². The van der Waals surface area contributed by atoms with E-state index < -0.39 is 5.97 Å². The summed E-state index contributed by atoms with van der Waals surface area (Å²) in [5.74, 6) is 0.963. The summed E-state index contributed by atoms with van der Waals surface area (Å²) in [7, 11) is 2.87. The maximum Gasteiger partial charge on any atom is 0.330 e. The highest BCUT2D eigenvalue weighted by Crippen LogP contribution is 2.32. The number of hydrogen-bond acceptors (Lipinski definition) is 6. The van der Waals surface area contributed by atoms with E-state index in [2.05, 4.69) is 14.7 Å². The molecule has 1 heterocycles. The van der Waals surface area contributed by atoms with Crippen molar-refractivity contribution in [3.8, 4) is 17.4 Å². The van der Waals surface area contributed by atoms with Crippen molar-refractivity contribution in [3.05, 3.63) is 60.3 Å². The number of hydrogen-bond donors (Lipinski definition) is 0. The molecular formula is C19H16N2O4. The van der Waals surface area contributed by atoms with Gasteiger partial charge in [-0.05, 0) is 35.9 Å². The van der Waals surface area contributed by atoms with Gasteiger partial charge in [-0.2, -0.15) is 0 Å². The minimum absolute atomic E-state index is 0.370. The summed E-state index contributed by atoms with van der Waals surface area (Å²) in [5.41, 5.74) is 2.32. The second-order valence-electron chi connectivity index (χ2n) is 5.07. The van der Waals surface area contributed by atoms with Crippen LogP contribution in [0.5, 0.6) is 17.4 Å². The van der Waals surface area contributed by atoms with E-state index in [1.807, 2.05) is 24.3 Å². The number of para-hydroxylation sites is 2. The van der Waals surface area contributed by atoms with Gasteiger partial charge in [0.2, 0.25) is 5.88 Å². The summed E-state index contributed by atoms with van der Waals surface area (Å²) in [4.78, 5) is 19.9. The average Bonchev–Trinajstić information content (AvgIpc) is 2.66. The topological polar surface area (TPSA) is 70.5 Å². The molecule has 0 spiro atoms. The number of carbonyl (C=O) groups excluding carboxylic acids is 1. The Morgan fingerprint density at radius 1 is 1.04 bits per heavy atom. The van der Waals surface area contributed by atoms with E-state index >= 15 is 0 Å². The third kappa shape index (κ3) is 3.92. The molecule has 0 aliphatic rings. The van der Waals surface area contributed by atoms with E-state index in [9.17, 15) is 4.79 Å². The van der Waals surface area contributed by atoms with E-state index in [0.29, 0.717) is 17.4 Å². The first-order valence-electron chi connectivity index (χ1n) is 7.53. The Balaban J connectivity index is 1.85. The van der Waals surface area contributed by atoms with Crippen LogP contribution in [-0.4, -0.2) is 30.2 Å². The molecule has 0 fully saturated rings. The molecule has 0 amide bonds. The summed E-state index contributed by atoms with van der Waals surface area (Å²) in [6.45, 7) is 0. The zero-order valence-corrected chi connectivity index (χ0v) is 13.8. The molecule has 0 unspecified atom stereocenters. The summed E-state index contributed by atoms with van der Waals surface area (Å²) in [6.07, 6.45) is 4.53.